The largest absolute Gasteiger partial charge is 0.396 e. The topological polar surface area (TPSA) is 29.5 Å². The lowest BCUT2D eigenvalue weighted by molar-refractivity contribution is 0.00584. The molecule has 0 heterocycles. The molecule has 2 unspecified atom stereocenters. The minimum Gasteiger partial charge on any atom is -0.396 e. The molecule has 2 heteroatoms. The van der Waals surface area contributed by atoms with Crippen molar-refractivity contribution < 1.29 is 9.84 Å². The van der Waals surface area contributed by atoms with Crippen LogP contribution in [-0.4, -0.2) is 23.9 Å². The van der Waals surface area contributed by atoms with E-state index in [1.807, 2.05) is 0 Å². The SMILES string of the molecule is OCC1CC1OC1CCCCC1. The van der Waals surface area contributed by atoms with Crippen molar-refractivity contribution in [2.24, 2.45) is 5.92 Å². The van der Waals surface area contributed by atoms with Crippen LogP contribution in [0.5, 0.6) is 0 Å². The van der Waals surface area contributed by atoms with Crippen LogP contribution in [0.2, 0.25) is 0 Å². The maximum absolute atomic E-state index is 8.83. The Bertz CT molecular complexity index is 141. The molecule has 0 aromatic heterocycles. The van der Waals surface area contributed by atoms with Gasteiger partial charge in [0, 0.05) is 12.5 Å². The van der Waals surface area contributed by atoms with Gasteiger partial charge in [0.15, 0.2) is 0 Å². The van der Waals surface area contributed by atoms with Gasteiger partial charge in [-0.25, -0.2) is 0 Å². The maximum Gasteiger partial charge on any atom is 0.0634 e. The van der Waals surface area contributed by atoms with E-state index in [1.165, 1.54) is 32.1 Å². The highest BCUT2D eigenvalue weighted by atomic mass is 16.5. The Labute approximate surface area is 73.9 Å². The molecule has 0 aliphatic heterocycles. The first-order valence-corrected chi connectivity index (χ1v) is 5.16. The van der Waals surface area contributed by atoms with E-state index >= 15 is 0 Å². The minimum absolute atomic E-state index is 0.317. The number of hydrogen-bond acceptors (Lipinski definition) is 2. The van der Waals surface area contributed by atoms with Gasteiger partial charge in [0.05, 0.1) is 12.2 Å². The lowest BCUT2D eigenvalue weighted by atomic mass is 9.98. The summed E-state index contributed by atoms with van der Waals surface area (Å²) >= 11 is 0. The van der Waals surface area contributed by atoms with E-state index in [0.717, 1.165) is 6.42 Å². The first kappa shape index (κ1) is 8.52. The van der Waals surface area contributed by atoms with Gasteiger partial charge in [-0.15, -0.1) is 0 Å². The van der Waals surface area contributed by atoms with E-state index in [-0.39, 0.29) is 0 Å². The monoisotopic (exact) mass is 170 g/mol. The summed E-state index contributed by atoms with van der Waals surface area (Å²) in [6.45, 7) is 0.317. The lowest BCUT2D eigenvalue weighted by Gasteiger charge is -2.22. The van der Waals surface area contributed by atoms with Gasteiger partial charge >= 0.3 is 0 Å². The van der Waals surface area contributed by atoms with Gasteiger partial charge in [0.1, 0.15) is 0 Å². The summed E-state index contributed by atoms with van der Waals surface area (Å²) in [7, 11) is 0. The highest BCUT2D eigenvalue weighted by molar-refractivity contribution is 4.88. The fourth-order valence-electron chi connectivity index (χ4n) is 2.03. The Morgan fingerprint density at radius 1 is 1.17 bits per heavy atom. The van der Waals surface area contributed by atoms with Crippen molar-refractivity contribution in [2.45, 2.75) is 50.7 Å². The number of aliphatic hydroxyl groups excluding tert-OH is 1. The molecule has 0 amide bonds. The van der Waals surface area contributed by atoms with Gasteiger partial charge in [-0.05, 0) is 19.3 Å². The van der Waals surface area contributed by atoms with Crippen LogP contribution in [-0.2, 0) is 4.74 Å². The molecule has 0 radical (unpaired) electrons. The van der Waals surface area contributed by atoms with Crippen LogP contribution in [0.25, 0.3) is 0 Å². The molecule has 12 heavy (non-hydrogen) atoms. The molecule has 0 aromatic rings. The first-order chi connectivity index (χ1) is 5.90. The number of hydrogen-bond donors (Lipinski definition) is 1. The predicted octanol–water partition coefficient (Wildman–Crippen LogP) is 1.72. The van der Waals surface area contributed by atoms with Crippen LogP contribution < -0.4 is 0 Å². The smallest absolute Gasteiger partial charge is 0.0634 e. The summed E-state index contributed by atoms with van der Waals surface area (Å²) in [4.78, 5) is 0. The van der Waals surface area contributed by atoms with Crippen molar-refractivity contribution >= 4 is 0 Å². The molecular weight excluding hydrogens is 152 g/mol. The van der Waals surface area contributed by atoms with Crippen LogP contribution >= 0.6 is 0 Å². The molecule has 1 N–H and O–H groups in total. The highest BCUT2D eigenvalue weighted by Crippen LogP contribution is 2.36. The van der Waals surface area contributed by atoms with Gasteiger partial charge in [0.2, 0.25) is 0 Å². The van der Waals surface area contributed by atoms with Gasteiger partial charge in [0.25, 0.3) is 0 Å². The third kappa shape index (κ3) is 1.99. The predicted molar refractivity (Wildman–Crippen MR) is 46.9 cm³/mol. The van der Waals surface area contributed by atoms with Gasteiger partial charge in [-0.3, -0.25) is 0 Å². The molecule has 2 aliphatic carbocycles. The van der Waals surface area contributed by atoms with Gasteiger partial charge < -0.3 is 9.84 Å². The number of rotatable bonds is 3. The van der Waals surface area contributed by atoms with Gasteiger partial charge in [-0.2, -0.15) is 0 Å². The Morgan fingerprint density at radius 3 is 2.50 bits per heavy atom. The molecule has 2 aliphatic rings. The molecule has 0 aromatic carbocycles. The van der Waals surface area contributed by atoms with Crippen LogP contribution in [0.4, 0.5) is 0 Å². The molecule has 2 atom stereocenters. The zero-order chi connectivity index (χ0) is 8.39. The lowest BCUT2D eigenvalue weighted by Crippen LogP contribution is -2.18. The summed E-state index contributed by atoms with van der Waals surface area (Å²) < 4.78 is 5.85. The van der Waals surface area contributed by atoms with Crippen LogP contribution in [0.3, 0.4) is 0 Å². The summed E-state index contributed by atoms with van der Waals surface area (Å²) in [5.74, 6) is 0.465. The Balaban J connectivity index is 1.66. The van der Waals surface area contributed by atoms with Crippen LogP contribution in [0, 0.1) is 5.92 Å². The molecule has 2 nitrogen and oxygen atoms in total. The molecule has 0 spiro atoms. The Hall–Kier alpha value is -0.0800. The highest BCUT2D eigenvalue weighted by Gasteiger charge is 2.39. The quantitative estimate of drug-likeness (QED) is 0.698. The second kappa shape index (κ2) is 3.75. The fraction of sp³-hybridized carbons (Fsp3) is 1.00. The summed E-state index contributed by atoms with van der Waals surface area (Å²) in [5, 5.41) is 8.83. The molecule has 2 fully saturated rings. The zero-order valence-electron chi connectivity index (χ0n) is 7.54. The van der Waals surface area contributed by atoms with E-state index in [2.05, 4.69) is 0 Å². The van der Waals surface area contributed by atoms with Crippen molar-refractivity contribution in [3.8, 4) is 0 Å². The van der Waals surface area contributed by atoms with E-state index < -0.39 is 0 Å². The Morgan fingerprint density at radius 2 is 1.92 bits per heavy atom. The third-order valence-electron chi connectivity index (χ3n) is 3.01. The van der Waals surface area contributed by atoms with Crippen molar-refractivity contribution in [1.82, 2.24) is 0 Å². The van der Waals surface area contributed by atoms with Crippen LogP contribution in [0.15, 0.2) is 0 Å². The fourth-order valence-corrected chi connectivity index (χ4v) is 2.03. The van der Waals surface area contributed by atoms with E-state index in [0.29, 0.717) is 24.7 Å². The minimum atomic E-state index is 0.317. The maximum atomic E-state index is 8.83. The zero-order valence-corrected chi connectivity index (χ0v) is 7.54. The standard InChI is InChI=1S/C10H18O2/c11-7-8-6-10(8)12-9-4-2-1-3-5-9/h8-11H,1-7H2. The molecule has 2 rings (SSSR count). The summed E-state index contributed by atoms with van der Waals surface area (Å²) in [6.07, 6.45) is 8.55. The van der Waals surface area contributed by atoms with Gasteiger partial charge in [-0.1, -0.05) is 19.3 Å². The molecule has 70 valence electrons. The molecular formula is C10H18O2. The number of aliphatic hydroxyl groups is 1. The van der Waals surface area contributed by atoms with Crippen molar-refractivity contribution in [1.29, 1.82) is 0 Å². The average molecular weight is 170 g/mol. The normalized spacial score (nSPS) is 36.8. The van der Waals surface area contributed by atoms with E-state index in [1.54, 1.807) is 0 Å². The first-order valence-electron chi connectivity index (χ1n) is 5.16. The Kier molecular flexibility index (Phi) is 2.66. The van der Waals surface area contributed by atoms with Crippen molar-refractivity contribution in [3.05, 3.63) is 0 Å². The summed E-state index contributed by atoms with van der Waals surface area (Å²) in [5.41, 5.74) is 0. The summed E-state index contributed by atoms with van der Waals surface area (Å²) in [6, 6.07) is 0. The second-order valence-electron chi connectivity index (χ2n) is 4.11. The van der Waals surface area contributed by atoms with Crippen molar-refractivity contribution in [2.75, 3.05) is 6.61 Å². The number of ether oxygens (including phenoxy) is 1. The third-order valence-corrected chi connectivity index (χ3v) is 3.01. The van der Waals surface area contributed by atoms with E-state index in [9.17, 15) is 0 Å². The molecule has 0 saturated heterocycles. The average Bonchev–Trinajstić information content (AvgIpc) is 2.85. The second-order valence-corrected chi connectivity index (χ2v) is 4.11. The van der Waals surface area contributed by atoms with Crippen molar-refractivity contribution in [3.63, 3.8) is 0 Å². The molecule has 2 saturated carbocycles. The molecule has 0 bridgehead atoms. The van der Waals surface area contributed by atoms with Crippen LogP contribution in [0.1, 0.15) is 38.5 Å². The van der Waals surface area contributed by atoms with E-state index in [4.69, 9.17) is 9.84 Å².